The van der Waals surface area contributed by atoms with Crippen LogP contribution in [0.1, 0.15) is 18.2 Å². The summed E-state index contributed by atoms with van der Waals surface area (Å²) in [5, 5.41) is 1.82. The van der Waals surface area contributed by atoms with Crippen molar-refractivity contribution in [2.75, 3.05) is 0 Å². The Balaban J connectivity index is 2.86. The first-order chi connectivity index (χ1) is 6.72. The average molecular weight is 207 g/mol. The molecule has 1 heterocycles. The zero-order valence-electron chi connectivity index (χ0n) is 8.21. The van der Waals surface area contributed by atoms with Gasteiger partial charge >= 0.3 is 0 Å². The SMILES string of the molecule is CCc1ncnc2c(C)cc(Cl)cc12. The molecule has 1 aromatic carbocycles. The zero-order chi connectivity index (χ0) is 10.1. The standard InChI is InChI=1S/C11H11ClN2/c1-3-10-9-5-8(12)4-7(2)11(9)14-6-13-10/h4-6H,3H2,1-2H3. The Morgan fingerprint density at radius 3 is 2.79 bits per heavy atom. The first-order valence-electron chi connectivity index (χ1n) is 4.62. The van der Waals surface area contributed by atoms with Gasteiger partial charge in [0.2, 0.25) is 0 Å². The molecule has 0 aliphatic carbocycles. The topological polar surface area (TPSA) is 25.8 Å². The lowest BCUT2D eigenvalue weighted by Crippen LogP contribution is -1.93. The maximum atomic E-state index is 6.00. The zero-order valence-corrected chi connectivity index (χ0v) is 8.97. The number of nitrogens with zero attached hydrogens (tertiary/aromatic N) is 2. The van der Waals surface area contributed by atoms with E-state index in [4.69, 9.17) is 11.6 Å². The van der Waals surface area contributed by atoms with Gasteiger partial charge in [-0.1, -0.05) is 18.5 Å². The highest BCUT2D eigenvalue weighted by Crippen LogP contribution is 2.23. The molecule has 0 amide bonds. The lowest BCUT2D eigenvalue weighted by Gasteiger charge is -2.05. The van der Waals surface area contributed by atoms with Crippen LogP contribution in [0.3, 0.4) is 0 Å². The highest BCUT2D eigenvalue weighted by molar-refractivity contribution is 6.31. The number of rotatable bonds is 1. The summed E-state index contributed by atoms with van der Waals surface area (Å²) >= 11 is 6.00. The molecule has 2 aromatic rings. The summed E-state index contributed by atoms with van der Waals surface area (Å²) in [5.74, 6) is 0. The van der Waals surface area contributed by atoms with E-state index in [1.54, 1.807) is 6.33 Å². The second-order valence-electron chi connectivity index (χ2n) is 3.29. The van der Waals surface area contributed by atoms with Crippen LogP contribution >= 0.6 is 11.6 Å². The minimum atomic E-state index is 0.750. The quantitative estimate of drug-likeness (QED) is 0.717. The van der Waals surface area contributed by atoms with Gasteiger partial charge in [0, 0.05) is 10.4 Å². The highest BCUT2D eigenvalue weighted by Gasteiger charge is 2.05. The number of benzene rings is 1. The van der Waals surface area contributed by atoms with E-state index in [1.807, 2.05) is 19.1 Å². The Morgan fingerprint density at radius 2 is 2.07 bits per heavy atom. The number of aryl methyl sites for hydroxylation is 2. The number of hydrogen-bond acceptors (Lipinski definition) is 2. The first kappa shape index (κ1) is 9.41. The fourth-order valence-corrected chi connectivity index (χ4v) is 1.91. The molecule has 2 nitrogen and oxygen atoms in total. The van der Waals surface area contributed by atoms with E-state index in [1.165, 1.54) is 0 Å². The van der Waals surface area contributed by atoms with Gasteiger partial charge in [-0.15, -0.1) is 0 Å². The van der Waals surface area contributed by atoms with Crippen LogP contribution in [0.25, 0.3) is 10.9 Å². The molecule has 0 atom stereocenters. The Morgan fingerprint density at radius 1 is 1.29 bits per heavy atom. The summed E-state index contributed by atoms with van der Waals surface area (Å²) in [6, 6.07) is 3.86. The second kappa shape index (κ2) is 3.54. The van der Waals surface area contributed by atoms with E-state index >= 15 is 0 Å². The molecule has 0 N–H and O–H groups in total. The summed E-state index contributed by atoms with van der Waals surface area (Å²) < 4.78 is 0. The third-order valence-corrected chi connectivity index (χ3v) is 2.53. The lowest BCUT2D eigenvalue weighted by molar-refractivity contribution is 1.03. The normalized spacial score (nSPS) is 10.8. The van der Waals surface area contributed by atoms with Crippen molar-refractivity contribution in [3.05, 3.63) is 34.7 Å². The molecule has 0 spiro atoms. The van der Waals surface area contributed by atoms with Crippen molar-refractivity contribution in [1.29, 1.82) is 0 Å². The Bertz CT molecular complexity index is 480. The third-order valence-electron chi connectivity index (χ3n) is 2.31. The minimum absolute atomic E-state index is 0.750. The Labute approximate surface area is 88.0 Å². The van der Waals surface area contributed by atoms with E-state index < -0.39 is 0 Å². The highest BCUT2D eigenvalue weighted by atomic mass is 35.5. The molecule has 2 rings (SSSR count). The number of fused-ring (bicyclic) bond motifs is 1. The molecule has 0 aliphatic rings. The van der Waals surface area contributed by atoms with Crippen LogP contribution in [0.15, 0.2) is 18.5 Å². The molecule has 0 bridgehead atoms. The van der Waals surface area contributed by atoms with E-state index in [-0.39, 0.29) is 0 Å². The largest absolute Gasteiger partial charge is 0.241 e. The van der Waals surface area contributed by atoms with Crippen molar-refractivity contribution < 1.29 is 0 Å². The molecule has 0 aliphatic heterocycles. The summed E-state index contributed by atoms with van der Waals surface area (Å²) in [7, 11) is 0. The molecule has 0 saturated carbocycles. The van der Waals surface area contributed by atoms with Crippen LogP contribution in [0.2, 0.25) is 5.02 Å². The molecule has 0 radical (unpaired) electrons. The summed E-state index contributed by atoms with van der Waals surface area (Å²) in [4.78, 5) is 8.50. The lowest BCUT2D eigenvalue weighted by atomic mass is 10.1. The van der Waals surface area contributed by atoms with Crippen LogP contribution < -0.4 is 0 Å². The van der Waals surface area contributed by atoms with Crippen LogP contribution in [0.4, 0.5) is 0 Å². The molecule has 72 valence electrons. The van der Waals surface area contributed by atoms with Gasteiger partial charge in [0.15, 0.2) is 0 Å². The van der Waals surface area contributed by atoms with Crippen LogP contribution in [-0.4, -0.2) is 9.97 Å². The first-order valence-corrected chi connectivity index (χ1v) is 5.00. The summed E-state index contributed by atoms with van der Waals surface area (Å²) in [5.41, 5.74) is 3.16. The Hall–Kier alpha value is -1.15. The van der Waals surface area contributed by atoms with Gasteiger partial charge in [0.05, 0.1) is 11.2 Å². The van der Waals surface area contributed by atoms with E-state index in [0.29, 0.717) is 0 Å². The van der Waals surface area contributed by atoms with Gasteiger partial charge in [-0.3, -0.25) is 0 Å². The fraction of sp³-hybridized carbons (Fsp3) is 0.273. The van der Waals surface area contributed by atoms with Crippen molar-refractivity contribution >= 4 is 22.5 Å². The van der Waals surface area contributed by atoms with Crippen LogP contribution in [0, 0.1) is 6.92 Å². The Kier molecular flexibility index (Phi) is 2.38. The summed E-state index contributed by atoms with van der Waals surface area (Å²) in [6.07, 6.45) is 2.51. The van der Waals surface area contributed by atoms with Crippen molar-refractivity contribution in [2.45, 2.75) is 20.3 Å². The molecular formula is C11H11ClN2. The van der Waals surface area contributed by atoms with E-state index in [0.717, 1.165) is 33.6 Å². The molecule has 0 unspecified atom stereocenters. The molecule has 0 saturated heterocycles. The number of aromatic nitrogens is 2. The minimum Gasteiger partial charge on any atom is -0.241 e. The van der Waals surface area contributed by atoms with Gasteiger partial charge in [-0.2, -0.15) is 0 Å². The fourth-order valence-electron chi connectivity index (χ4n) is 1.63. The molecule has 3 heteroatoms. The van der Waals surface area contributed by atoms with Gasteiger partial charge < -0.3 is 0 Å². The summed E-state index contributed by atoms with van der Waals surface area (Å²) in [6.45, 7) is 4.10. The van der Waals surface area contributed by atoms with Gasteiger partial charge in [0.1, 0.15) is 6.33 Å². The third kappa shape index (κ3) is 1.46. The van der Waals surface area contributed by atoms with E-state index in [2.05, 4.69) is 16.9 Å². The van der Waals surface area contributed by atoms with Crippen molar-refractivity contribution in [3.8, 4) is 0 Å². The molecular weight excluding hydrogens is 196 g/mol. The van der Waals surface area contributed by atoms with Crippen molar-refractivity contribution in [2.24, 2.45) is 0 Å². The maximum Gasteiger partial charge on any atom is 0.116 e. The predicted molar refractivity (Wildman–Crippen MR) is 58.7 cm³/mol. The van der Waals surface area contributed by atoms with Crippen molar-refractivity contribution in [3.63, 3.8) is 0 Å². The van der Waals surface area contributed by atoms with Crippen LogP contribution in [-0.2, 0) is 6.42 Å². The van der Waals surface area contributed by atoms with Gasteiger partial charge in [0.25, 0.3) is 0 Å². The van der Waals surface area contributed by atoms with Gasteiger partial charge in [-0.25, -0.2) is 9.97 Å². The number of halogens is 1. The predicted octanol–water partition coefficient (Wildman–Crippen LogP) is 3.15. The number of hydrogen-bond donors (Lipinski definition) is 0. The van der Waals surface area contributed by atoms with Crippen molar-refractivity contribution in [1.82, 2.24) is 9.97 Å². The van der Waals surface area contributed by atoms with E-state index in [9.17, 15) is 0 Å². The second-order valence-corrected chi connectivity index (χ2v) is 3.73. The molecule has 0 fully saturated rings. The average Bonchev–Trinajstić information content (AvgIpc) is 2.17. The maximum absolute atomic E-state index is 6.00. The van der Waals surface area contributed by atoms with Gasteiger partial charge in [-0.05, 0) is 31.0 Å². The molecule has 1 aromatic heterocycles. The monoisotopic (exact) mass is 206 g/mol. The molecule has 14 heavy (non-hydrogen) atoms. The van der Waals surface area contributed by atoms with Crippen LogP contribution in [0.5, 0.6) is 0 Å². The smallest absolute Gasteiger partial charge is 0.116 e.